The molecule has 0 atom stereocenters. The maximum absolute atomic E-state index is 10.9. The van der Waals surface area contributed by atoms with Crippen LogP contribution in [0.5, 0.6) is 5.75 Å². The summed E-state index contributed by atoms with van der Waals surface area (Å²) in [4.78, 5) is 10.9. The highest BCUT2D eigenvalue weighted by Gasteiger charge is 2.09. The third-order valence-electron chi connectivity index (χ3n) is 2.60. The summed E-state index contributed by atoms with van der Waals surface area (Å²) in [5, 5.41) is 1.03. The van der Waals surface area contributed by atoms with Crippen LogP contribution >= 0.6 is 23.2 Å². The first kappa shape index (κ1) is 12.9. The van der Waals surface area contributed by atoms with Crippen LogP contribution in [0.3, 0.4) is 0 Å². The van der Waals surface area contributed by atoms with E-state index in [4.69, 9.17) is 27.9 Å². The Morgan fingerprint density at radius 2 is 1.89 bits per heavy atom. The van der Waals surface area contributed by atoms with Gasteiger partial charge in [0.15, 0.2) is 6.29 Å². The van der Waals surface area contributed by atoms with Gasteiger partial charge >= 0.3 is 0 Å². The van der Waals surface area contributed by atoms with Gasteiger partial charge in [0, 0.05) is 16.1 Å². The van der Waals surface area contributed by atoms with Crippen LogP contribution in [0.25, 0.3) is 11.1 Å². The summed E-state index contributed by atoms with van der Waals surface area (Å²) in [6.45, 7) is 0. The number of hydrogen-bond donors (Lipinski definition) is 0. The van der Waals surface area contributed by atoms with E-state index in [2.05, 4.69) is 0 Å². The topological polar surface area (TPSA) is 26.3 Å². The van der Waals surface area contributed by atoms with E-state index in [1.807, 2.05) is 6.07 Å². The molecular formula is C14H10Cl2O2. The first-order valence-corrected chi connectivity index (χ1v) is 6.00. The molecule has 0 saturated heterocycles. The zero-order valence-corrected chi connectivity index (χ0v) is 11.1. The van der Waals surface area contributed by atoms with E-state index in [-0.39, 0.29) is 0 Å². The molecule has 0 fully saturated rings. The SMILES string of the molecule is COc1ccc(Cl)cc1-c1ccc(Cl)c(C=O)c1. The largest absolute Gasteiger partial charge is 0.496 e. The maximum atomic E-state index is 10.9. The minimum absolute atomic E-state index is 0.426. The number of benzene rings is 2. The van der Waals surface area contributed by atoms with Gasteiger partial charge in [-0.2, -0.15) is 0 Å². The van der Waals surface area contributed by atoms with E-state index in [1.54, 1.807) is 37.4 Å². The lowest BCUT2D eigenvalue weighted by Crippen LogP contribution is -1.90. The second kappa shape index (κ2) is 5.42. The standard InChI is InChI=1S/C14H10Cl2O2/c1-18-14-5-3-11(15)7-12(14)9-2-4-13(16)10(6-9)8-17/h2-8H,1H3. The van der Waals surface area contributed by atoms with Crippen molar-refractivity contribution in [3.8, 4) is 16.9 Å². The average molecular weight is 281 g/mol. The molecule has 2 nitrogen and oxygen atoms in total. The van der Waals surface area contributed by atoms with Crippen molar-refractivity contribution >= 4 is 29.5 Å². The Kier molecular flexibility index (Phi) is 3.90. The van der Waals surface area contributed by atoms with Crippen LogP contribution in [-0.4, -0.2) is 13.4 Å². The van der Waals surface area contributed by atoms with Crippen LogP contribution in [-0.2, 0) is 0 Å². The van der Waals surface area contributed by atoms with Gasteiger partial charge in [0.25, 0.3) is 0 Å². The van der Waals surface area contributed by atoms with Crippen molar-refractivity contribution in [1.82, 2.24) is 0 Å². The predicted molar refractivity (Wildman–Crippen MR) is 73.8 cm³/mol. The number of rotatable bonds is 3. The van der Waals surface area contributed by atoms with Crippen LogP contribution in [0.2, 0.25) is 10.0 Å². The van der Waals surface area contributed by atoms with Crippen molar-refractivity contribution in [2.75, 3.05) is 7.11 Å². The molecule has 0 saturated carbocycles. The molecule has 0 aromatic heterocycles. The second-order valence-electron chi connectivity index (χ2n) is 3.70. The van der Waals surface area contributed by atoms with Crippen LogP contribution in [0, 0.1) is 0 Å². The highest BCUT2D eigenvalue weighted by atomic mass is 35.5. The maximum Gasteiger partial charge on any atom is 0.151 e. The van der Waals surface area contributed by atoms with Crippen molar-refractivity contribution in [3.63, 3.8) is 0 Å². The Morgan fingerprint density at radius 1 is 1.11 bits per heavy atom. The molecule has 0 amide bonds. The monoisotopic (exact) mass is 280 g/mol. The Bertz CT molecular complexity index is 594. The highest BCUT2D eigenvalue weighted by molar-refractivity contribution is 6.33. The number of methoxy groups -OCH3 is 1. The molecule has 0 radical (unpaired) electrons. The van der Waals surface area contributed by atoms with E-state index in [0.29, 0.717) is 21.4 Å². The number of carbonyl (C=O) groups is 1. The van der Waals surface area contributed by atoms with E-state index in [9.17, 15) is 4.79 Å². The lowest BCUT2D eigenvalue weighted by atomic mass is 10.0. The fourth-order valence-corrected chi connectivity index (χ4v) is 2.04. The average Bonchev–Trinajstić information content (AvgIpc) is 2.39. The number of halogens is 2. The smallest absolute Gasteiger partial charge is 0.151 e. The zero-order chi connectivity index (χ0) is 13.1. The van der Waals surface area contributed by atoms with Crippen molar-refractivity contribution < 1.29 is 9.53 Å². The van der Waals surface area contributed by atoms with Crippen molar-refractivity contribution in [2.45, 2.75) is 0 Å². The summed E-state index contributed by atoms with van der Waals surface area (Å²) < 4.78 is 5.28. The van der Waals surface area contributed by atoms with Crippen molar-refractivity contribution in [2.24, 2.45) is 0 Å². The summed E-state index contributed by atoms with van der Waals surface area (Å²) >= 11 is 11.9. The van der Waals surface area contributed by atoms with Crippen LogP contribution in [0.1, 0.15) is 10.4 Å². The number of aldehydes is 1. The van der Waals surface area contributed by atoms with Crippen molar-refractivity contribution in [3.05, 3.63) is 52.0 Å². The normalized spacial score (nSPS) is 10.2. The molecule has 0 aliphatic carbocycles. The Balaban J connectivity index is 2.60. The summed E-state index contributed by atoms with van der Waals surface area (Å²) in [5.41, 5.74) is 2.10. The summed E-state index contributed by atoms with van der Waals surface area (Å²) in [6.07, 6.45) is 0.725. The Hall–Kier alpha value is -1.51. The fourth-order valence-electron chi connectivity index (χ4n) is 1.71. The quantitative estimate of drug-likeness (QED) is 0.775. The van der Waals surface area contributed by atoms with Gasteiger partial charge in [0.1, 0.15) is 5.75 Å². The first-order chi connectivity index (χ1) is 8.65. The zero-order valence-electron chi connectivity index (χ0n) is 9.61. The van der Waals surface area contributed by atoms with Crippen LogP contribution in [0.4, 0.5) is 0 Å². The van der Waals surface area contributed by atoms with Crippen molar-refractivity contribution in [1.29, 1.82) is 0 Å². The van der Waals surface area contributed by atoms with E-state index < -0.39 is 0 Å². The molecule has 2 rings (SSSR count). The molecule has 92 valence electrons. The molecule has 2 aromatic rings. The predicted octanol–water partition coefficient (Wildman–Crippen LogP) is 4.48. The number of ether oxygens (including phenoxy) is 1. The van der Waals surface area contributed by atoms with Gasteiger partial charge in [-0.25, -0.2) is 0 Å². The highest BCUT2D eigenvalue weighted by Crippen LogP contribution is 2.33. The molecule has 0 heterocycles. The summed E-state index contributed by atoms with van der Waals surface area (Å²) in [7, 11) is 1.59. The Morgan fingerprint density at radius 3 is 2.56 bits per heavy atom. The molecule has 0 aliphatic heterocycles. The van der Waals surface area contributed by atoms with E-state index in [0.717, 1.165) is 17.4 Å². The lowest BCUT2D eigenvalue weighted by Gasteiger charge is -2.10. The van der Waals surface area contributed by atoms with Crippen LogP contribution in [0.15, 0.2) is 36.4 Å². The molecule has 0 bridgehead atoms. The van der Waals surface area contributed by atoms with Gasteiger partial charge in [0.2, 0.25) is 0 Å². The molecule has 18 heavy (non-hydrogen) atoms. The van der Waals surface area contributed by atoms with Gasteiger partial charge in [-0.1, -0.05) is 29.3 Å². The minimum atomic E-state index is 0.426. The number of carbonyl (C=O) groups excluding carboxylic acids is 1. The van der Waals surface area contributed by atoms with E-state index in [1.165, 1.54) is 0 Å². The summed E-state index contributed by atoms with van der Waals surface area (Å²) in [6, 6.07) is 10.5. The molecule has 4 heteroatoms. The van der Waals surface area contributed by atoms with Gasteiger partial charge in [-0.15, -0.1) is 0 Å². The lowest BCUT2D eigenvalue weighted by molar-refractivity contribution is 0.112. The third kappa shape index (κ3) is 2.50. The summed E-state index contributed by atoms with van der Waals surface area (Å²) in [5.74, 6) is 0.693. The first-order valence-electron chi connectivity index (χ1n) is 5.24. The number of hydrogen-bond acceptors (Lipinski definition) is 2. The van der Waals surface area contributed by atoms with Gasteiger partial charge in [-0.3, -0.25) is 4.79 Å². The van der Waals surface area contributed by atoms with Crippen LogP contribution < -0.4 is 4.74 Å². The second-order valence-corrected chi connectivity index (χ2v) is 4.54. The third-order valence-corrected chi connectivity index (χ3v) is 3.17. The molecule has 0 aliphatic rings. The Labute approximate surface area is 115 Å². The molecule has 0 N–H and O–H groups in total. The molecule has 0 unspecified atom stereocenters. The minimum Gasteiger partial charge on any atom is -0.496 e. The van der Waals surface area contributed by atoms with Gasteiger partial charge in [0.05, 0.1) is 12.1 Å². The molecule has 0 spiro atoms. The molecular weight excluding hydrogens is 271 g/mol. The van der Waals surface area contributed by atoms with Gasteiger partial charge < -0.3 is 4.74 Å². The van der Waals surface area contributed by atoms with E-state index >= 15 is 0 Å². The molecule has 2 aromatic carbocycles. The fraction of sp³-hybridized carbons (Fsp3) is 0.0714. The van der Waals surface area contributed by atoms with Gasteiger partial charge in [-0.05, 0) is 35.9 Å².